The Morgan fingerprint density at radius 1 is 1.05 bits per heavy atom. The van der Waals surface area contributed by atoms with Crippen molar-refractivity contribution in [2.24, 2.45) is 0 Å². The van der Waals surface area contributed by atoms with Gasteiger partial charge in [0.25, 0.3) is 0 Å². The van der Waals surface area contributed by atoms with Crippen LogP contribution in [0.1, 0.15) is 40.5 Å². The predicted molar refractivity (Wildman–Crippen MR) is 88.5 cm³/mol. The molecule has 0 aromatic rings. The molecular formula is C15H32NO4Si-. The number of hydrogen-bond acceptors (Lipinski definition) is 4. The Morgan fingerprint density at radius 2 is 1.57 bits per heavy atom. The van der Waals surface area contributed by atoms with Crippen molar-refractivity contribution in [3.63, 3.8) is 0 Å². The van der Waals surface area contributed by atoms with Crippen molar-refractivity contribution in [2.45, 2.75) is 46.6 Å². The third-order valence-electron chi connectivity index (χ3n) is 3.23. The Bertz CT molecular complexity index is 282. The van der Waals surface area contributed by atoms with Gasteiger partial charge in [-0.2, -0.15) is 0 Å². The molecule has 0 aliphatic carbocycles. The van der Waals surface area contributed by atoms with Gasteiger partial charge in [0.05, 0.1) is 0 Å². The number of rotatable bonds is 13. The van der Waals surface area contributed by atoms with Crippen molar-refractivity contribution in [3.8, 4) is 0 Å². The van der Waals surface area contributed by atoms with Crippen molar-refractivity contribution < 1.29 is 18.1 Å². The fourth-order valence-electron chi connectivity index (χ4n) is 2.42. The van der Waals surface area contributed by atoms with Crippen LogP contribution < -0.4 is 0 Å². The topological polar surface area (TPSA) is 48.0 Å². The number of amides is 1. The molecule has 6 heteroatoms. The summed E-state index contributed by atoms with van der Waals surface area (Å²) in [5.74, 6) is -0.0170. The Labute approximate surface area is 130 Å². The molecule has 0 saturated carbocycles. The molecule has 0 atom stereocenters. The molecule has 0 spiro atoms. The molecular weight excluding hydrogens is 286 g/mol. The molecule has 0 saturated heterocycles. The number of carbonyl (C=O) groups excluding carboxylic acids is 1. The predicted octanol–water partition coefficient (Wildman–Crippen LogP) is 2.58. The van der Waals surface area contributed by atoms with Crippen molar-refractivity contribution >= 4 is 14.7 Å². The van der Waals surface area contributed by atoms with E-state index < -0.39 is 8.80 Å². The third-order valence-corrected chi connectivity index (χ3v) is 6.87. The Balaban J connectivity index is 4.56. The molecule has 0 bridgehead atoms. The van der Waals surface area contributed by atoms with Crippen LogP contribution in [0.2, 0.25) is 6.04 Å². The van der Waals surface area contributed by atoms with Gasteiger partial charge in [-0.25, -0.2) is 0 Å². The molecule has 0 aliphatic rings. The third kappa shape index (κ3) is 7.76. The first-order chi connectivity index (χ1) is 10.1. The molecule has 126 valence electrons. The zero-order valence-corrected chi connectivity index (χ0v) is 15.3. The van der Waals surface area contributed by atoms with Gasteiger partial charge in [0.2, 0.25) is 0 Å². The Hall–Kier alpha value is -0.693. The van der Waals surface area contributed by atoms with Crippen LogP contribution >= 0.6 is 0 Å². The number of carbonyl (C=O) groups is 1. The van der Waals surface area contributed by atoms with Crippen molar-refractivity contribution in [1.29, 1.82) is 0 Å². The van der Waals surface area contributed by atoms with Gasteiger partial charge in [0.15, 0.2) is 0 Å². The minimum atomic E-state index is -2.91. The summed E-state index contributed by atoms with van der Waals surface area (Å²) in [4.78, 5) is 13.6. The normalized spacial score (nSPS) is 12.2. The van der Waals surface area contributed by atoms with E-state index >= 15 is 0 Å². The molecule has 0 heterocycles. The molecule has 0 radical (unpaired) electrons. The molecule has 0 fully saturated rings. The maximum atomic E-state index is 11.8. The Morgan fingerprint density at radius 3 is 1.95 bits per heavy atom. The van der Waals surface area contributed by atoms with Gasteiger partial charge in [-0.1, -0.05) is 0 Å². The van der Waals surface area contributed by atoms with Gasteiger partial charge in [-0.15, -0.1) is 0 Å². The van der Waals surface area contributed by atoms with E-state index in [9.17, 15) is 4.79 Å². The van der Waals surface area contributed by atoms with Crippen LogP contribution in [0, 0.1) is 0 Å². The van der Waals surface area contributed by atoms with Gasteiger partial charge < -0.3 is 0 Å². The summed E-state index contributed by atoms with van der Waals surface area (Å²) in [5.41, 5.74) is 0. The van der Waals surface area contributed by atoms with Crippen LogP contribution in [0.15, 0.2) is 12.7 Å². The van der Waals surface area contributed by atoms with Crippen LogP contribution in [0.3, 0.4) is 0 Å². The maximum absolute atomic E-state index is 11.8. The minimum absolute atomic E-state index is 0.0170. The summed E-state index contributed by atoms with van der Waals surface area (Å²) in [6, 6.07) is 0.757. The molecule has 0 N–H and O–H groups in total. The van der Waals surface area contributed by atoms with Crippen LogP contribution in [0.4, 0.5) is 0 Å². The van der Waals surface area contributed by atoms with E-state index in [1.54, 1.807) is 0 Å². The van der Waals surface area contributed by atoms with Crippen molar-refractivity contribution in [3.05, 3.63) is 12.7 Å². The fraction of sp³-hybridized carbons (Fsp3) is 0.800. The molecule has 0 rings (SSSR count). The van der Waals surface area contributed by atoms with Crippen LogP contribution in [0.5, 0.6) is 0 Å². The molecule has 1 amide bonds. The fourth-order valence-corrected chi connectivity index (χ4v) is 5.41. The second kappa shape index (κ2) is 11.9. The Kier molecular flexibility index (Phi) is 11.5. The standard InChI is InChI=1S/C15H32NO4Si/c1-6-12-16(15(17)7-2)13-11-14-21(18-8-3,19-9-4)20-10-5/h7,21H,2,6,8-14H2,1,3-5H3/q-1. The van der Waals surface area contributed by atoms with E-state index in [1.807, 2.05) is 25.7 Å². The summed E-state index contributed by atoms with van der Waals surface area (Å²) in [7, 11) is -2.91. The van der Waals surface area contributed by atoms with Gasteiger partial charge in [-0.3, -0.25) is 0 Å². The second-order valence-corrected chi connectivity index (χ2v) is 7.98. The van der Waals surface area contributed by atoms with Gasteiger partial charge >= 0.3 is 130 Å². The van der Waals surface area contributed by atoms with E-state index in [4.69, 9.17) is 13.3 Å². The summed E-state index contributed by atoms with van der Waals surface area (Å²) >= 11 is 0. The average molecular weight is 319 g/mol. The molecule has 0 aromatic heterocycles. The zero-order chi connectivity index (χ0) is 16.1. The van der Waals surface area contributed by atoms with Gasteiger partial charge in [-0.05, 0) is 0 Å². The first kappa shape index (κ1) is 20.3. The van der Waals surface area contributed by atoms with Crippen molar-refractivity contribution in [1.82, 2.24) is 4.90 Å². The summed E-state index contributed by atoms with van der Waals surface area (Å²) < 4.78 is 17.5. The van der Waals surface area contributed by atoms with Crippen molar-refractivity contribution in [2.75, 3.05) is 32.9 Å². The summed E-state index contributed by atoms with van der Waals surface area (Å²) in [5, 5.41) is 0. The van der Waals surface area contributed by atoms with Crippen LogP contribution in [0.25, 0.3) is 0 Å². The van der Waals surface area contributed by atoms with E-state index in [-0.39, 0.29) is 5.91 Å². The first-order valence-electron chi connectivity index (χ1n) is 8.07. The van der Waals surface area contributed by atoms with Gasteiger partial charge in [0.1, 0.15) is 0 Å². The number of nitrogens with zero attached hydrogens (tertiary/aromatic N) is 1. The SMILES string of the molecule is C=CC(=O)N(CCC)CCC[SiH-](OCC)(OCC)OCC. The second-order valence-electron chi connectivity index (χ2n) is 4.83. The first-order valence-corrected chi connectivity index (χ1v) is 10.3. The van der Waals surface area contributed by atoms with E-state index in [0.29, 0.717) is 26.4 Å². The van der Waals surface area contributed by atoms with E-state index in [1.165, 1.54) is 6.08 Å². The quantitative estimate of drug-likeness (QED) is 0.387. The summed E-state index contributed by atoms with van der Waals surface area (Å²) in [6.07, 6.45) is 3.13. The molecule has 0 aromatic carbocycles. The average Bonchev–Trinajstić information content (AvgIpc) is 2.46. The molecule has 0 aliphatic heterocycles. The summed E-state index contributed by atoms with van der Waals surface area (Å²) in [6.45, 7) is 14.7. The van der Waals surface area contributed by atoms with E-state index in [2.05, 4.69) is 13.5 Å². The zero-order valence-electron chi connectivity index (χ0n) is 14.1. The van der Waals surface area contributed by atoms with E-state index in [0.717, 1.165) is 25.4 Å². The van der Waals surface area contributed by atoms with Crippen LogP contribution in [-0.4, -0.2) is 52.5 Å². The number of hydrogen-bond donors (Lipinski definition) is 0. The monoisotopic (exact) mass is 318 g/mol. The molecule has 5 nitrogen and oxygen atoms in total. The molecule has 21 heavy (non-hydrogen) atoms. The molecule has 0 unspecified atom stereocenters. The van der Waals surface area contributed by atoms with Crippen LogP contribution in [-0.2, 0) is 18.1 Å². The van der Waals surface area contributed by atoms with Gasteiger partial charge in [0, 0.05) is 0 Å².